The molecule has 0 bridgehead atoms. The molecule has 12 heteroatoms. The van der Waals surface area contributed by atoms with Crippen molar-refractivity contribution in [3.63, 3.8) is 0 Å². The maximum atomic E-state index is 12.4. The molecule has 0 unspecified atom stereocenters. The summed E-state index contributed by atoms with van der Waals surface area (Å²) in [5.74, 6) is 0.432. The van der Waals surface area contributed by atoms with E-state index in [1.54, 1.807) is 36.4 Å². The average molecular weight is 533 g/mol. The monoisotopic (exact) mass is 532 g/mol. The molecule has 0 spiro atoms. The SMILES string of the molecule is C=CC(=O)Nc1cc(OC)ccc1Nc1nc(Nc2ccc(NC(=O)[C@H]3CCCN3)cc2C#N)ncc1Cl. The van der Waals surface area contributed by atoms with Crippen LogP contribution in [0.25, 0.3) is 0 Å². The van der Waals surface area contributed by atoms with Gasteiger partial charge in [-0.2, -0.15) is 10.2 Å². The standard InChI is InChI=1S/C26H25ClN8O3/c1-3-23(36)32-22-12-17(38-2)7-9-20(22)33-24-18(27)14-30-26(35-24)34-19-8-6-16(11-15(19)13-28)31-25(37)21-5-4-10-29-21/h3,6-9,11-12,14,21,29H,1,4-5,10H2,2H3,(H,31,37)(H,32,36)(H2,30,33,34,35)/t21-/m1/s1. The van der Waals surface area contributed by atoms with Crippen molar-refractivity contribution < 1.29 is 14.3 Å². The second-order valence-electron chi connectivity index (χ2n) is 8.26. The first-order chi connectivity index (χ1) is 18.4. The summed E-state index contributed by atoms with van der Waals surface area (Å²) >= 11 is 6.33. The molecule has 0 saturated carbocycles. The average Bonchev–Trinajstić information content (AvgIpc) is 3.47. The topological polar surface area (TPSA) is 153 Å². The minimum atomic E-state index is -0.402. The fourth-order valence-electron chi connectivity index (χ4n) is 3.77. The van der Waals surface area contributed by atoms with Crippen molar-refractivity contribution in [3.05, 3.63) is 65.8 Å². The maximum Gasteiger partial charge on any atom is 0.247 e. The van der Waals surface area contributed by atoms with Crippen LogP contribution >= 0.6 is 11.6 Å². The van der Waals surface area contributed by atoms with Crippen LogP contribution in [0.2, 0.25) is 5.02 Å². The van der Waals surface area contributed by atoms with Crippen LogP contribution < -0.4 is 31.3 Å². The second kappa shape index (κ2) is 12.1. The van der Waals surface area contributed by atoms with Crippen LogP contribution in [0, 0.1) is 11.3 Å². The van der Waals surface area contributed by atoms with Gasteiger partial charge in [-0.3, -0.25) is 9.59 Å². The third-order valence-corrected chi connectivity index (χ3v) is 5.97. The number of nitrogens with one attached hydrogen (secondary N) is 5. The van der Waals surface area contributed by atoms with Crippen molar-refractivity contribution in [3.8, 4) is 11.8 Å². The van der Waals surface area contributed by atoms with Gasteiger partial charge in [0.1, 0.15) is 16.8 Å². The van der Waals surface area contributed by atoms with Gasteiger partial charge in [0.25, 0.3) is 0 Å². The zero-order valence-electron chi connectivity index (χ0n) is 20.5. The number of ether oxygens (including phenoxy) is 1. The molecule has 38 heavy (non-hydrogen) atoms. The molecule has 1 aliphatic heterocycles. The lowest BCUT2D eigenvalue weighted by atomic mass is 10.1. The Morgan fingerprint density at radius 3 is 2.71 bits per heavy atom. The normalized spacial score (nSPS) is 14.2. The predicted octanol–water partition coefficient (Wildman–Crippen LogP) is 4.31. The lowest BCUT2D eigenvalue weighted by Gasteiger charge is -2.15. The lowest BCUT2D eigenvalue weighted by Crippen LogP contribution is -2.35. The molecule has 2 aromatic carbocycles. The van der Waals surface area contributed by atoms with E-state index in [0.29, 0.717) is 34.1 Å². The number of rotatable bonds is 9. The van der Waals surface area contributed by atoms with Crippen molar-refractivity contribution in [1.29, 1.82) is 5.26 Å². The van der Waals surface area contributed by atoms with Crippen molar-refractivity contribution in [1.82, 2.24) is 15.3 Å². The molecule has 3 aromatic rings. The van der Waals surface area contributed by atoms with E-state index in [1.807, 2.05) is 0 Å². The van der Waals surface area contributed by atoms with Crippen LogP contribution in [-0.2, 0) is 9.59 Å². The number of nitriles is 1. The van der Waals surface area contributed by atoms with E-state index >= 15 is 0 Å². The second-order valence-corrected chi connectivity index (χ2v) is 8.66. The molecule has 2 heterocycles. The van der Waals surface area contributed by atoms with Crippen LogP contribution in [-0.4, -0.2) is 41.5 Å². The molecule has 1 fully saturated rings. The van der Waals surface area contributed by atoms with E-state index in [0.717, 1.165) is 25.5 Å². The number of aromatic nitrogens is 2. The Balaban J connectivity index is 1.54. The Morgan fingerprint density at radius 2 is 2.00 bits per heavy atom. The number of hydrogen-bond donors (Lipinski definition) is 5. The van der Waals surface area contributed by atoms with Gasteiger partial charge in [-0.1, -0.05) is 18.2 Å². The summed E-state index contributed by atoms with van der Waals surface area (Å²) in [4.78, 5) is 32.9. The van der Waals surface area contributed by atoms with Crippen LogP contribution in [0.15, 0.2) is 55.3 Å². The number of amides is 2. The summed E-state index contributed by atoms with van der Waals surface area (Å²) in [7, 11) is 1.52. The van der Waals surface area contributed by atoms with Crippen LogP contribution in [0.5, 0.6) is 5.75 Å². The highest BCUT2D eigenvalue weighted by Crippen LogP contribution is 2.32. The largest absolute Gasteiger partial charge is 0.497 e. The summed E-state index contributed by atoms with van der Waals surface area (Å²) in [5.41, 5.74) is 2.18. The molecule has 2 amide bonds. The van der Waals surface area contributed by atoms with E-state index in [1.165, 1.54) is 13.3 Å². The smallest absolute Gasteiger partial charge is 0.247 e. The number of halogens is 1. The van der Waals surface area contributed by atoms with Gasteiger partial charge < -0.3 is 31.3 Å². The maximum absolute atomic E-state index is 12.4. The van der Waals surface area contributed by atoms with Gasteiger partial charge >= 0.3 is 0 Å². The Kier molecular flexibility index (Phi) is 8.37. The number of nitrogens with zero attached hydrogens (tertiary/aromatic N) is 3. The van der Waals surface area contributed by atoms with Crippen LogP contribution in [0.3, 0.4) is 0 Å². The summed E-state index contributed by atoms with van der Waals surface area (Å²) in [6, 6.07) is 11.9. The molecule has 194 valence electrons. The third kappa shape index (κ3) is 6.36. The minimum absolute atomic E-state index is 0.133. The predicted molar refractivity (Wildman–Crippen MR) is 146 cm³/mol. The molecule has 11 nitrogen and oxygen atoms in total. The van der Waals surface area contributed by atoms with Gasteiger partial charge in [-0.25, -0.2) is 4.98 Å². The number of hydrogen-bond acceptors (Lipinski definition) is 9. The fourth-order valence-corrected chi connectivity index (χ4v) is 3.91. The molecular formula is C26H25ClN8O3. The van der Waals surface area contributed by atoms with Gasteiger partial charge in [0, 0.05) is 11.8 Å². The first kappa shape index (κ1) is 26.4. The van der Waals surface area contributed by atoms with Crippen LogP contribution in [0.1, 0.15) is 18.4 Å². The van der Waals surface area contributed by atoms with Crippen molar-refractivity contribution in [2.75, 3.05) is 34.9 Å². The summed E-state index contributed by atoms with van der Waals surface area (Å²) in [5, 5.41) is 24.7. The molecule has 5 N–H and O–H groups in total. The first-order valence-electron chi connectivity index (χ1n) is 11.7. The Labute approximate surface area is 224 Å². The van der Waals surface area contributed by atoms with Gasteiger partial charge in [-0.15, -0.1) is 0 Å². The molecule has 0 aliphatic carbocycles. The van der Waals surface area contributed by atoms with E-state index in [9.17, 15) is 14.9 Å². The number of anilines is 6. The highest BCUT2D eigenvalue weighted by Gasteiger charge is 2.22. The Morgan fingerprint density at radius 1 is 1.18 bits per heavy atom. The number of benzene rings is 2. The Hall–Kier alpha value is -4.66. The molecule has 1 saturated heterocycles. The van der Waals surface area contributed by atoms with Gasteiger partial charge in [-0.05, 0) is 55.8 Å². The van der Waals surface area contributed by atoms with Crippen molar-refractivity contribution in [2.24, 2.45) is 0 Å². The van der Waals surface area contributed by atoms with Gasteiger partial charge in [0.15, 0.2) is 5.82 Å². The molecule has 1 aliphatic rings. The van der Waals surface area contributed by atoms with Gasteiger partial charge in [0.05, 0.1) is 42.0 Å². The Bertz CT molecular complexity index is 1420. The molecule has 1 atom stereocenters. The first-order valence-corrected chi connectivity index (χ1v) is 12.0. The van der Waals surface area contributed by atoms with Gasteiger partial charge in [0.2, 0.25) is 17.8 Å². The summed E-state index contributed by atoms with van der Waals surface area (Å²) in [6.45, 7) is 4.28. The lowest BCUT2D eigenvalue weighted by molar-refractivity contribution is -0.117. The summed E-state index contributed by atoms with van der Waals surface area (Å²) in [6.07, 6.45) is 4.28. The highest BCUT2D eigenvalue weighted by atomic mass is 35.5. The van der Waals surface area contributed by atoms with Crippen molar-refractivity contribution in [2.45, 2.75) is 18.9 Å². The zero-order valence-corrected chi connectivity index (χ0v) is 21.2. The summed E-state index contributed by atoms with van der Waals surface area (Å²) < 4.78 is 5.24. The molecule has 4 rings (SSSR count). The highest BCUT2D eigenvalue weighted by molar-refractivity contribution is 6.33. The van der Waals surface area contributed by atoms with E-state index in [4.69, 9.17) is 16.3 Å². The fraction of sp³-hybridized carbons (Fsp3) is 0.192. The molecular weight excluding hydrogens is 508 g/mol. The number of carbonyl (C=O) groups is 2. The minimum Gasteiger partial charge on any atom is -0.497 e. The van der Waals surface area contributed by atoms with E-state index in [-0.39, 0.29) is 28.7 Å². The quantitative estimate of drug-likeness (QED) is 0.254. The molecule has 0 radical (unpaired) electrons. The van der Waals surface area contributed by atoms with Crippen LogP contribution in [0.4, 0.5) is 34.5 Å². The van der Waals surface area contributed by atoms with Crippen molar-refractivity contribution >= 4 is 57.9 Å². The zero-order chi connectivity index (χ0) is 27.1. The number of carbonyl (C=O) groups excluding carboxylic acids is 2. The van der Waals surface area contributed by atoms with E-state index in [2.05, 4.69) is 49.2 Å². The van der Waals surface area contributed by atoms with E-state index < -0.39 is 5.91 Å². The number of methoxy groups -OCH3 is 1. The third-order valence-electron chi connectivity index (χ3n) is 5.70. The molecule has 1 aromatic heterocycles.